The number of nitrogens with zero attached hydrogens (tertiary/aromatic N) is 1. The molecule has 0 heterocycles. The number of hydrogen-bond acceptors (Lipinski definition) is 2. The molecule has 2 nitrogen and oxygen atoms in total. The SMILES string of the molecule is OCc1cc(Br)ccc1N(CC1CC1)C1CC1. The minimum absolute atomic E-state index is 0.128. The van der Waals surface area contributed by atoms with Crippen LogP contribution in [0.25, 0.3) is 0 Å². The van der Waals surface area contributed by atoms with Crippen molar-refractivity contribution in [1.82, 2.24) is 0 Å². The van der Waals surface area contributed by atoms with Gasteiger partial charge in [0.05, 0.1) is 6.61 Å². The highest BCUT2D eigenvalue weighted by Gasteiger charge is 2.34. The summed E-state index contributed by atoms with van der Waals surface area (Å²) in [5.74, 6) is 0.894. The molecule has 2 fully saturated rings. The number of aliphatic hydroxyl groups is 1. The minimum atomic E-state index is 0.128. The van der Waals surface area contributed by atoms with Gasteiger partial charge in [0, 0.05) is 28.3 Å². The topological polar surface area (TPSA) is 23.5 Å². The monoisotopic (exact) mass is 295 g/mol. The van der Waals surface area contributed by atoms with E-state index in [1.165, 1.54) is 37.9 Å². The van der Waals surface area contributed by atoms with Crippen LogP contribution in [0.3, 0.4) is 0 Å². The van der Waals surface area contributed by atoms with Crippen LogP contribution in [0.2, 0.25) is 0 Å². The van der Waals surface area contributed by atoms with Gasteiger partial charge < -0.3 is 10.0 Å². The van der Waals surface area contributed by atoms with Gasteiger partial charge in [0.1, 0.15) is 0 Å². The summed E-state index contributed by atoms with van der Waals surface area (Å²) in [5, 5.41) is 9.50. The third-order valence-corrected chi connectivity index (χ3v) is 4.15. The standard InChI is InChI=1S/C14H18BrNO/c15-12-3-6-14(11(7-12)9-17)16(13-4-5-13)8-10-1-2-10/h3,6-7,10,13,17H,1-2,4-5,8-9H2. The normalized spacial score (nSPS) is 19.4. The Morgan fingerprint density at radius 2 is 2.00 bits per heavy atom. The number of benzene rings is 1. The lowest BCUT2D eigenvalue weighted by Crippen LogP contribution is -2.29. The van der Waals surface area contributed by atoms with Crippen LogP contribution in [0, 0.1) is 5.92 Å². The van der Waals surface area contributed by atoms with Crippen molar-refractivity contribution in [1.29, 1.82) is 0 Å². The van der Waals surface area contributed by atoms with Gasteiger partial charge in [0.2, 0.25) is 0 Å². The largest absolute Gasteiger partial charge is 0.392 e. The van der Waals surface area contributed by atoms with E-state index in [0.29, 0.717) is 0 Å². The number of halogens is 1. The van der Waals surface area contributed by atoms with Crippen LogP contribution < -0.4 is 4.90 Å². The van der Waals surface area contributed by atoms with Crippen molar-refractivity contribution in [3.8, 4) is 0 Å². The zero-order valence-electron chi connectivity index (χ0n) is 9.90. The van der Waals surface area contributed by atoms with E-state index in [0.717, 1.165) is 22.0 Å². The maximum absolute atomic E-state index is 9.50. The fourth-order valence-corrected chi connectivity index (χ4v) is 2.78. The Morgan fingerprint density at radius 3 is 2.59 bits per heavy atom. The van der Waals surface area contributed by atoms with Crippen molar-refractivity contribution < 1.29 is 5.11 Å². The van der Waals surface area contributed by atoms with E-state index in [-0.39, 0.29) is 6.61 Å². The summed E-state index contributed by atoms with van der Waals surface area (Å²) in [5.41, 5.74) is 2.29. The summed E-state index contributed by atoms with van der Waals surface area (Å²) in [6.07, 6.45) is 5.39. The van der Waals surface area contributed by atoms with E-state index in [9.17, 15) is 5.11 Å². The average molecular weight is 296 g/mol. The lowest BCUT2D eigenvalue weighted by Gasteiger charge is -2.27. The molecular weight excluding hydrogens is 278 g/mol. The van der Waals surface area contributed by atoms with Crippen LogP contribution in [0.15, 0.2) is 22.7 Å². The molecule has 2 saturated carbocycles. The molecule has 0 aliphatic heterocycles. The molecule has 0 saturated heterocycles. The highest BCUT2D eigenvalue weighted by Crippen LogP contribution is 2.39. The molecule has 3 rings (SSSR count). The van der Waals surface area contributed by atoms with Crippen molar-refractivity contribution in [3.05, 3.63) is 28.2 Å². The zero-order valence-corrected chi connectivity index (χ0v) is 11.5. The Balaban J connectivity index is 1.87. The van der Waals surface area contributed by atoms with Crippen molar-refractivity contribution in [3.63, 3.8) is 0 Å². The highest BCUT2D eigenvalue weighted by atomic mass is 79.9. The van der Waals surface area contributed by atoms with Crippen molar-refractivity contribution in [2.75, 3.05) is 11.4 Å². The first kappa shape index (κ1) is 11.5. The van der Waals surface area contributed by atoms with E-state index in [2.05, 4.69) is 33.0 Å². The lowest BCUT2D eigenvalue weighted by molar-refractivity contribution is 0.282. The van der Waals surface area contributed by atoms with Crippen molar-refractivity contribution in [2.24, 2.45) is 5.92 Å². The van der Waals surface area contributed by atoms with Gasteiger partial charge in [-0.1, -0.05) is 15.9 Å². The maximum atomic E-state index is 9.50. The molecule has 0 unspecified atom stereocenters. The number of aliphatic hydroxyl groups excluding tert-OH is 1. The van der Waals surface area contributed by atoms with Gasteiger partial charge >= 0.3 is 0 Å². The Hall–Kier alpha value is -0.540. The van der Waals surface area contributed by atoms with E-state index < -0.39 is 0 Å². The van der Waals surface area contributed by atoms with Crippen LogP contribution in [-0.4, -0.2) is 17.7 Å². The van der Waals surface area contributed by atoms with Crippen LogP contribution in [0.1, 0.15) is 31.2 Å². The molecule has 92 valence electrons. The third-order valence-electron chi connectivity index (χ3n) is 3.66. The summed E-state index contributed by atoms with van der Waals surface area (Å²) >= 11 is 3.47. The molecule has 0 bridgehead atoms. The lowest BCUT2D eigenvalue weighted by atomic mass is 10.1. The van der Waals surface area contributed by atoms with Gasteiger partial charge in [0.15, 0.2) is 0 Å². The second kappa shape index (κ2) is 4.62. The van der Waals surface area contributed by atoms with Crippen LogP contribution in [0.5, 0.6) is 0 Å². The summed E-state index contributed by atoms with van der Waals surface area (Å²) in [6.45, 7) is 1.31. The Kier molecular flexibility index (Phi) is 3.14. The van der Waals surface area contributed by atoms with Crippen LogP contribution >= 0.6 is 15.9 Å². The van der Waals surface area contributed by atoms with E-state index in [4.69, 9.17) is 0 Å². The van der Waals surface area contributed by atoms with Gasteiger partial charge in [-0.2, -0.15) is 0 Å². The first-order valence-corrected chi connectivity index (χ1v) is 7.23. The molecule has 17 heavy (non-hydrogen) atoms. The predicted octanol–water partition coefficient (Wildman–Crippen LogP) is 3.32. The van der Waals surface area contributed by atoms with Crippen molar-refractivity contribution in [2.45, 2.75) is 38.3 Å². The Labute approximate surface area is 111 Å². The minimum Gasteiger partial charge on any atom is -0.392 e. The smallest absolute Gasteiger partial charge is 0.0702 e. The molecule has 2 aliphatic carbocycles. The van der Waals surface area contributed by atoms with E-state index in [1.54, 1.807) is 0 Å². The molecule has 0 amide bonds. The molecular formula is C14H18BrNO. The third kappa shape index (κ3) is 2.66. The highest BCUT2D eigenvalue weighted by molar-refractivity contribution is 9.10. The molecule has 3 heteroatoms. The van der Waals surface area contributed by atoms with Gasteiger partial charge in [0.25, 0.3) is 0 Å². The van der Waals surface area contributed by atoms with Gasteiger partial charge in [-0.05, 0) is 49.8 Å². The summed E-state index contributed by atoms with van der Waals surface area (Å²) in [4.78, 5) is 2.52. The maximum Gasteiger partial charge on any atom is 0.0702 e. The zero-order chi connectivity index (χ0) is 11.8. The van der Waals surface area contributed by atoms with Crippen molar-refractivity contribution >= 4 is 21.6 Å². The molecule has 0 radical (unpaired) electrons. The van der Waals surface area contributed by atoms with Crippen LogP contribution in [0.4, 0.5) is 5.69 Å². The van der Waals surface area contributed by atoms with Gasteiger partial charge in [-0.25, -0.2) is 0 Å². The quantitative estimate of drug-likeness (QED) is 0.901. The number of rotatable bonds is 5. The molecule has 1 aromatic carbocycles. The van der Waals surface area contributed by atoms with Gasteiger partial charge in [-0.15, -0.1) is 0 Å². The molecule has 0 aromatic heterocycles. The van der Waals surface area contributed by atoms with Crippen LogP contribution in [-0.2, 0) is 6.61 Å². The van der Waals surface area contributed by atoms with Gasteiger partial charge in [-0.3, -0.25) is 0 Å². The molecule has 1 aromatic rings. The Morgan fingerprint density at radius 1 is 1.24 bits per heavy atom. The van der Waals surface area contributed by atoms with E-state index in [1.807, 2.05) is 6.07 Å². The molecule has 2 aliphatic rings. The average Bonchev–Trinajstić information content (AvgIpc) is 3.18. The molecule has 1 N–H and O–H groups in total. The molecule has 0 spiro atoms. The summed E-state index contributed by atoms with van der Waals surface area (Å²) in [7, 11) is 0. The van der Waals surface area contributed by atoms with E-state index >= 15 is 0 Å². The predicted molar refractivity (Wildman–Crippen MR) is 73.2 cm³/mol. The Bertz CT molecular complexity index is 413. The summed E-state index contributed by atoms with van der Waals surface area (Å²) in [6, 6.07) is 6.99. The first-order chi connectivity index (χ1) is 8.28. The number of anilines is 1. The second-order valence-electron chi connectivity index (χ2n) is 5.26. The second-order valence-corrected chi connectivity index (χ2v) is 6.17. The number of hydrogen-bond donors (Lipinski definition) is 1. The first-order valence-electron chi connectivity index (χ1n) is 6.44. The molecule has 0 atom stereocenters. The summed E-state index contributed by atoms with van der Waals surface area (Å²) < 4.78 is 1.05. The fourth-order valence-electron chi connectivity index (χ4n) is 2.37. The fraction of sp³-hybridized carbons (Fsp3) is 0.571.